The number of carbonyl (C=O) groups excluding carboxylic acids is 1. The zero-order chi connectivity index (χ0) is 18.1. The van der Waals surface area contributed by atoms with Crippen LogP contribution in [0.5, 0.6) is 0 Å². The lowest BCUT2D eigenvalue weighted by molar-refractivity contribution is -0.0287. The fourth-order valence-corrected chi connectivity index (χ4v) is 3.70. The van der Waals surface area contributed by atoms with Crippen molar-refractivity contribution in [1.82, 2.24) is 19.4 Å². The molecule has 26 heavy (non-hydrogen) atoms. The third-order valence-corrected chi connectivity index (χ3v) is 5.27. The largest absolute Gasteiger partial charge is 0.388 e. The van der Waals surface area contributed by atoms with E-state index in [1.165, 1.54) is 0 Å². The average molecular weight is 350 g/mol. The van der Waals surface area contributed by atoms with Crippen LogP contribution in [0, 0.1) is 6.92 Å². The van der Waals surface area contributed by atoms with Crippen LogP contribution in [0.15, 0.2) is 49.1 Å². The van der Waals surface area contributed by atoms with E-state index in [1.807, 2.05) is 24.1 Å². The second kappa shape index (κ2) is 6.53. The van der Waals surface area contributed by atoms with Crippen LogP contribution in [0.4, 0.5) is 0 Å². The van der Waals surface area contributed by atoms with Crippen molar-refractivity contribution in [2.75, 3.05) is 13.1 Å². The molecule has 1 saturated heterocycles. The van der Waals surface area contributed by atoms with Crippen LogP contribution >= 0.6 is 0 Å². The van der Waals surface area contributed by atoms with Crippen molar-refractivity contribution in [3.63, 3.8) is 0 Å². The average Bonchev–Trinajstić information content (AvgIpc) is 2.98. The Balaban J connectivity index is 1.48. The van der Waals surface area contributed by atoms with Gasteiger partial charge in [0, 0.05) is 48.3 Å². The summed E-state index contributed by atoms with van der Waals surface area (Å²) < 4.78 is 2.13. The Kier molecular flexibility index (Phi) is 4.20. The number of fused-ring (bicyclic) bond motifs is 1. The van der Waals surface area contributed by atoms with Crippen molar-refractivity contribution in [2.24, 2.45) is 0 Å². The summed E-state index contributed by atoms with van der Waals surface area (Å²) in [4.78, 5) is 22.5. The predicted octanol–water partition coefficient (Wildman–Crippen LogP) is 2.41. The molecule has 0 saturated carbocycles. The minimum absolute atomic E-state index is 0.00115. The molecule has 1 aliphatic heterocycles. The number of hydrogen-bond donors (Lipinski definition) is 1. The van der Waals surface area contributed by atoms with Crippen LogP contribution in [0.3, 0.4) is 0 Å². The maximum Gasteiger partial charge on any atom is 0.253 e. The molecule has 3 aromatic rings. The van der Waals surface area contributed by atoms with Crippen LogP contribution in [-0.2, 0) is 6.54 Å². The van der Waals surface area contributed by atoms with Crippen molar-refractivity contribution in [3.05, 3.63) is 60.3 Å². The molecule has 0 aromatic carbocycles. The van der Waals surface area contributed by atoms with Gasteiger partial charge in [-0.3, -0.25) is 14.8 Å². The summed E-state index contributed by atoms with van der Waals surface area (Å²) in [6.45, 7) is 3.67. The van der Waals surface area contributed by atoms with Gasteiger partial charge in [0.15, 0.2) is 0 Å². The minimum atomic E-state index is -0.818. The molecular weight excluding hydrogens is 328 g/mol. The Morgan fingerprint density at radius 1 is 1.15 bits per heavy atom. The van der Waals surface area contributed by atoms with Gasteiger partial charge in [0.1, 0.15) is 0 Å². The predicted molar refractivity (Wildman–Crippen MR) is 98.8 cm³/mol. The molecule has 0 unspecified atom stereocenters. The maximum absolute atomic E-state index is 12.6. The van der Waals surface area contributed by atoms with Crippen LogP contribution in [0.25, 0.3) is 10.9 Å². The molecule has 6 nitrogen and oxygen atoms in total. The lowest BCUT2D eigenvalue weighted by atomic mass is 9.90. The van der Waals surface area contributed by atoms with E-state index >= 15 is 0 Å². The molecule has 0 atom stereocenters. The smallest absolute Gasteiger partial charge is 0.253 e. The lowest BCUT2D eigenvalue weighted by Crippen LogP contribution is -2.48. The summed E-state index contributed by atoms with van der Waals surface area (Å²) in [5.41, 5.74) is 1.97. The Hall–Kier alpha value is -2.73. The van der Waals surface area contributed by atoms with Gasteiger partial charge < -0.3 is 14.6 Å². The number of likely N-dealkylation sites (tertiary alicyclic amines) is 1. The summed E-state index contributed by atoms with van der Waals surface area (Å²) >= 11 is 0. The monoisotopic (exact) mass is 350 g/mol. The van der Waals surface area contributed by atoms with Crippen molar-refractivity contribution in [2.45, 2.75) is 31.9 Å². The van der Waals surface area contributed by atoms with E-state index in [0.29, 0.717) is 38.0 Å². The molecule has 0 radical (unpaired) electrons. The van der Waals surface area contributed by atoms with E-state index in [4.69, 9.17) is 0 Å². The molecule has 134 valence electrons. The quantitative estimate of drug-likeness (QED) is 0.787. The van der Waals surface area contributed by atoms with Gasteiger partial charge in [-0.15, -0.1) is 0 Å². The molecular formula is C20H22N4O2. The number of aliphatic hydroxyl groups is 1. The van der Waals surface area contributed by atoms with E-state index in [-0.39, 0.29) is 5.91 Å². The summed E-state index contributed by atoms with van der Waals surface area (Å²) in [6.07, 6.45) is 7.99. The number of piperidine rings is 1. The zero-order valence-electron chi connectivity index (χ0n) is 14.8. The van der Waals surface area contributed by atoms with E-state index in [9.17, 15) is 9.90 Å². The highest BCUT2D eigenvalue weighted by Gasteiger charge is 2.35. The van der Waals surface area contributed by atoms with Gasteiger partial charge in [-0.1, -0.05) is 0 Å². The fraction of sp³-hybridized carbons (Fsp3) is 0.350. The third kappa shape index (κ3) is 3.08. The molecule has 4 rings (SSSR count). The fourth-order valence-electron chi connectivity index (χ4n) is 3.70. The second-order valence-corrected chi connectivity index (χ2v) is 7.06. The minimum Gasteiger partial charge on any atom is -0.388 e. The van der Waals surface area contributed by atoms with Gasteiger partial charge in [0.25, 0.3) is 5.91 Å². The highest BCUT2D eigenvalue weighted by atomic mass is 16.3. The highest BCUT2D eigenvalue weighted by molar-refractivity contribution is 5.94. The Morgan fingerprint density at radius 3 is 2.58 bits per heavy atom. The number of rotatable bonds is 3. The Bertz CT molecular complexity index is 927. The van der Waals surface area contributed by atoms with Gasteiger partial charge in [0.2, 0.25) is 0 Å². The standard InChI is InChI=1S/C20H22N4O2/c1-15-12-17-4-9-22-13-18(17)24(15)14-20(26)5-10-23(11-6-20)19(25)16-2-7-21-8-3-16/h2-4,7-9,12-13,26H,5-6,10-11,14H2,1H3. The number of aromatic nitrogens is 3. The van der Waals surface area contributed by atoms with Crippen LogP contribution in [0.2, 0.25) is 0 Å². The number of aryl methyl sites for hydroxylation is 1. The first-order valence-corrected chi connectivity index (χ1v) is 8.87. The summed E-state index contributed by atoms with van der Waals surface area (Å²) in [7, 11) is 0. The molecule has 0 aliphatic carbocycles. The second-order valence-electron chi connectivity index (χ2n) is 7.06. The van der Waals surface area contributed by atoms with Crippen molar-refractivity contribution < 1.29 is 9.90 Å². The van der Waals surface area contributed by atoms with E-state index in [1.54, 1.807) is 30.7 Å². The number of nitrogens with zero attached hydrogens (tertiary/aromatic N) is 4. The zero-order valence-corrected chi connectivity index (χ0v) is 14.8. The van der Waals surface area contributed by atoms with Gasteiger partial charge >= 0.3 is 0 Å². The normalized spacial score (nSPS) is 16.8. The van der Waals surface area contributed by atoms with Gasteiger partial charge in [0.05, 0.1) is 23.9 Å². The number of hydrogen-bond acceptors (Lipinski definition) is 4. The lowest BCUT2D eigenvalue weighted by Gasteiger charge is -2.38. The van der Waals surface area contributed by atoms with E-state index in [0.717, 1.165) is 16.6 Å². The van der Waals surface area contributed by atoms with Crippen molar-refractivity contribution >= 4 is 16.8 Å². The molecule has 6 heteroatoms. The molecule has 1 N–H and O–H groups in total. The van der Waals surface area contributed by atoms with Crippen molar-refractivity contribution in [1.29, 1.82) is 0 Å². The molecule has 1 aliphatic rings. The summed E-state index contributed by atoms with van der Waals surface area (Å²) in [5.74, 6) is 0.00115. The van der Waals surface area contributed by atoms with E-state index in [2.05, 4.69) is 20.6 Å². The Labute approximate surface area is 152 Å². The third-order valence-electron chi connectivity index (χ3n) is 5.27. The van der Waals surface area contributed by atoms with Gasteiger partial charge in [-0.2, -0.15) is 0 Å². The number of amides is 1. The van der Waals surface area contributed by atoms with Crippen LogP contribution in [0.1, 0.15) is 28.9 Å². The first-order valence-electron chi connectivity index (χ1n) is 8.87. The number of pyridine rings is 2. The molecule has 0 bridgehead atoms. The molecule has 3 aromatic heterocycles. The molecule has 1 fully saturated rings. The summed E-state index contributed by atoms with van der Waals surface area (Å²) in [5, 5.41) is 12.2. The topological polar surface area (TPSA) is 71.2 Å². The first-order chi connectivity index (χ1) is 12.6. The van der Waals surface area contributed by atoms with E-state index < -0.39 is 5.60 Å². The maximum atomic E-state index is 12.6. The number of carbonyl (C=O) groups is 1. The highest BCUT2D eigenvalue weighted by Crippen LogP contribution is 2.28. The molecule has 1 amide bonds. The van der Waals surface area contributed by atoms with Crippen molar-refractivity contribution in [3.8, 4) is 0 Å². The summed E-state index contributed by atoms with van der Waals surface area (Å²) in [6, 6.07) is 7.55. The molecule has 4 heterocycles. The van der Waals surface area contributed by atoms with Crippen LogP contribution < -0.4 is 0 Å². The van der Waals surface area contributed by atoms with Crippen LogP contribution in [-0.4, -0.2) is 49.1 Å². The van der Waals surface area contributed by atoms with Gasteiger partial charge in [-0.05, 0) is 44.0 Å². The first kappa shape index (κ1) is 16.7. The molecule has 0 spiro atoms. The SMILES string of the molecule is Cc1cc2ccncc2n1CC1(O)CCN(C(=O)c2ccncc2)CC1. The van der Waals surface area contributed by atoms with Gasteiger partial charge in [-0.25, -0.2) is 0 Å². The Morgan fingerprint density at radius 2 is 1.85 bits per heavy atom.